The molecule has 12 aromatic carbocycles. The molecular weight excluding hydrogens is 879 g/mol. The minimum Gasteiger partial charge on any atom is -0.309 e. The molecule has 0 N–H and O–H groups in total. The van der Waals surface area contributed by atoms with Crippen molar-refractivity contribution in [1.29, 1.82) is 0 Å². The van der Waals surface area contributed by atoms with Crippen molar-refractivity contribution >= 4 is 38.6 Å². The molecule has 1 nitrogen and oxygen atoms in total. The predicted molar refractivity (Wildman–Crippen MR) is 307 cm³/mol. The van der Waals surface area contributed by atoms with Crippen molar-refractivity contribution < 1.29 is 0 Å². The van der Waals surface area contributed by atoms with Gasteiger partial charge in [-0.15, -0.1) is 0 Å². The van der Waals surface area contributed by atoms with E-state index in [0.717, 1.165) is 39.3 Å². The first kappa shape index (κ1) is 42.8. The first-order chi connectivity index (χ1) is 36.0. The summed E-state index contributed by atoms with van der Waals surface area (Å²) in [6.45, 7) is 4.78. The first-order valence-electron chi connectivity index (χ1n) is 25.6. The number of anilines is 3. The molecule has 0 bridgehead atoms. The lowest BCUT2D eigenvalue weighted by atomic mass is 9.67. The van der Waals surface area contributed by atoms with Crippen molar-refractivity contribution in [2.45, 2.75) is 24.7 Å². The van der Waals surface area contributed by atoms with Gasteiger partial charge in [0.15, 0.2) is 0 Å². The summed E-state index contributed by atoms with van der Waals surface area (Å²) < 4.78 is 0. The number of nitrogens with zero attached hydrogens (tertiary/aromatic N) is 1. The molecule has 73 heavy (non-hydrogen) atoms. The highest BCUT2D eigenvalue weighted by molar-refractivity contribution is 6.05. The van der Waals surface area contributed by atoms with E-state index in [1.54, 1.807) is 0 Å². The van der Waals surface area contributed by atoms with E-state index in [4.69, 9.17) is 0 Å². The summed E-state index contributed by atoms with van der Waals surface area (Å²) in [5.41, 5.74) is 22.4. The first-order valence-corrected chi connectivity index (χ1v) is 25.6. The highest BCUT2D eigenvalue weighted by Gasteiger charge is 2.46. The van der Waals surface area contributed by atoms with E-state index < -0.39 is 5.41 Å². The molecule has 12 aromatic rings. The number of hydrogen-bond donors (Lipinski definition) is 0. The van der Waals surface area contributed by atoms with Crippen LogP contribution >= 0.6 is 0 Å². The summed E-state index contributed by atoms with van der Waals surface area (Å²) in [4.78, 5) is 2.60. The molecule has 344 valence electrons. The van der Waals surface area contributed by atoms with E-state index in [9.17, 15) is 0 Å². The van der Waals surface area contributed by atoms with Crippen LogP contribution in [0.15, 0.2) is 273 Å². The quantitative estimate of drug-likeness (QED) is 0.147. The van der Waals surface area contributed by atoms with Crippen LogP contribution in [0.2, 0.25) is 0 Å². The highest BCUT2D eigenvalue weighted by Crippen LogP contribution is 2.59. The summed E-state index contributed by atoms with van der Waals surface area (Å²) in [6.07, 6.45) is 0. The zero-order valence-corrected chi connectivity index (χ0v) is 40.9. The van der Waals surface area contributed by atoms with E-state index in [-0.39, 0.29) is 5.41 Å². The fourth-order valence-electron chi connectivity index (χ4n) is 12.7. The van der Waals surface area contributed by atoms with Crippen LogP contribution < -0.4 is 4.90 Å². The van der Waals surface area contributed by atoms with Crippen molar-refractivity contribution in [3.8, 4) is 55.6 Å². The van der Waals surface area contributed by atoms with Crippen LogP contribution in [-0.4, -0.2) is 0 Å². The molecule has 1 heteroatoms. The van der Waals surface area contributed by atoms with Gasteiger partial charge < -0.3 is 4.90 Å². The van der Waals surface area contributed by atoms with Crippen molar-refractivity contribution in [2.24, 2.45) is 0 Å². The van der Waals surface area contributed by atoms with Crippen LogP contribution in [0.4, 0.5) is 17.1 Å². The Morgan fingerprint density at radius 2 is 0.767 bits per heavy atom. The third-order valence-electron chi connectivity index (χ3n) is 16.1. The van der Waals surface area contributed by atoms with Crippen molar-refractivity contribution in [1.82, 2.24) is 0 Å². The van der Waals surface area contributed by atoms with E-state index >= 15 is 0 Å². The van der Waals surface area contributed by atoms with Gasteiger partial charge in [0.05, 0.1) is 11.1 Å². The molecule has 0 saturated carbocycles. The summed E-state index contributed by atoms with van der Waals surface area (Å²) in [6, 6.07) is 102. The van der Waals surface area contributed by atoms with Gasteiger partial charge in [0.25, 0.3) is 0 Å². The van der Waals surface area contributed by atoms with Gasteiger partial charge in [-0.25, -0.2) is 0 Å². The second-order valence-corrected chi connectivity index (χ2v) is 20.4. The number of benzene rings is 12. The Morgan fingerprint density at radius 1 is 0.274 bits per heavy atom. The number of rotatable bonds is 8. The SMILES string of the molecule is CC1(C)c2ccccc2-c2ccc(N(c3ccc4c(c3)C(c3ccccc3)(c3ccccc3)c3ccccc3-4)c3c(-c4ccccc4)cc(-c4cccc5ccccc45)cc3-c3ccc4ccccc4c3)cc21. The van der Waals surface area contributed by atoms with Crippen LogP contribution in [0.3, 0.4) is 0 Å². The summed E-state index contributed by atoms with van der Waals surface area (Å²) in [5, 5.41) is 4.88. The number of hydrogen-bond acceptors (Lipinski definition) is 1. The molecule has 2 aliphatic carbocycles. The molecule has 0 aromatic heterocycles. The third-order valence-corrected chi connectivity index (χ3v) is 16.1. The van der Waals surface area contributed by atoms with Gasteiger partial charge in [-0.05, 0) is 142 Å². The molecule has 0 amide bonds. The van der Waals surface area contributed by atoms with Gasteiger partial charge in [-0.1, -0.05) is 244 Å². The summed E-state index contributed by atoms with van der Waals surface area (Å²) in [7, 11) is 0. The molecule has 0 unspecified atom stereocenters. The second kappa shape index (κ2) is 16.8. The Morgan fingerprint density at radius 3 is 1.47 bits per heavy atom. The van der Waals surface area contributed by atoms with E-state index in [1.807, 2.05) is 0 Å². The molecular formula is C72H51N. The van der Waals surface area contributed by atoms with Crippen LogP contribution in [-0.2, 0) is 10.8 Å². The van der Waals surface area contributed by atoms with Gasteiger partial charge in [0, 0.05) is 27.9 Å². The lowest BCUT2D eigenvalue weighted by Gasteiger charge is -2.36. The smallest absolute Gasteiger partial charge is 0.0714 e. The molecule has 0 heterocycles. The molecule has 0 fully saturated rings. The van der Waals surface area contributed by atoms with E-state index in [2.05, 4.69) is 292 Å². The van der Waals surface area contributed by atoms with Gasteiger partial charge in [-0.3, -0.25) is 0 Å². The fourth-order valence-corrected chi connectivity index (χ4v) is 12.7. The van der Waals surface area contributed by atoms with Crippen molar-refractivity contribution in [2.75, 3.05) is 4.90 Å². The van der Waals surface area contributed by atoms with Crippen LogP contribution in [0.1, 0.15) is 47.2 Å². The second-order valence-electron chi connectivity index (χ2n) is 20.4. The maximum absolute atomic E-state index is 2.60. The molecule has 0 saturated heterocycles. The topological polar surface area (TPSA) is 3.24 Å². The van der Waals surface area contributed by atoms with Crippen molar-refractivity contribution in [3.63, 3.8) is 0 Å². The van der Waals surface area contributed by atoms with E-state index in [0.29, 0.717) is 0 Å². The lowest BCUT2D eigenvalue weighted by molar-refractivity contribution is 0.660. The molecule has 0 aliphatic heterocycles. The van der Waals surface area contributed by atoms with Gasteiger partial charge in [-0.2, -0.15) is 0 Å². The Labute approximate surface area is 428 Å². The van der Waals surface area contributed by atoms with Crippen LogP contribution in [0.25, 0.3) is 77.2 Å². The minimum atomic E-state index is -0.584. The average molecular weight is 930 g/mol. The highest BCUT2D eigenvalue weighted by atomic mass is 15.1. The van der Waals surface area contributed by atoms with Crippen LogP contribution in [0.5, 0.6) is 0 Å². The van der Waals surface area contributed by atoms with Gasteiger partial charge in [0.2, 0.25) is 0 Å². The Balaban J connectivity index is 1.12. The minimum absolute atomic E-state index is 0.218. The Bertz CT molecular complexity index is 4070. The summed E-state index contributed by atoms with van der Waals surface area (Å²) >= 11 is 0. The molecule has 0 spiro atoms. The predicted octanol–water partition coefficient (Wildman–Crippen LogP) is 19.1. The maximum Gasteiger partial charge on any atom is 0.0714 e. The Kier molecular flexibility index (Phi) is 9.85. The average Bonchev–Trinajstić information content (AvgIpc) is 3.89. The molecule has 0 atom stereocenters. The largest absolute Gasteiger partial charge is 0.309 e. The van der Waals surface area contributed by atoms with Gasteiger partial charge in [0.1, 0.15) is 0 Å². The summed E-state index contributed by atoms with van der Waals surface area (Å²) in [5.74, 6) is 0. The fraction of sp³-hybridized carbons (Fsp3) is 0.0556. The zero-order chi connectivity index (χ0) is 48.7. The molecule has 0 radical (unpaired) electrons. The van der Waals surface area contributed by atoms with Crippen molar-refractivity contribution in [3.05, 3.63) is 306 Å². The van der Waals surface area contributed by atoms with Gasteiger partial charge >= 0.3 is 0 Å². The monoisotopic (exact) mass is 929 g/mol. The zero-order valence-electron chi connectivity index (χ0n) is 40.9. The normalized spacial score (nSPS) is 13.6. The standard InChI is InChI=1S/C72H51N/c1-71(2)66-35-18-16-32-60(66)62-41-39-56(46-68(62)71)73(57-40-42-63-61-33-17-19-36-67(61)72(69(63)47-57,54-27-8-4-9-28-54)55-29-10-5-11-30-55)70-64(50-22-6-3-7-23-50)44-53(59-34-20-26-49-24-14-15-31-58(49)59)45-65(70)52-38-37-48-21-12-13-25-51(48)43-52/h3-47H,1-2H3. The maximum atomic E-state index is 2.60. The molecule has 2 aliphatic rings. The lowest BCUT2D eigenvalue weighted by Crippen LogP contribution is -2.28. The number of fused-ring (bicyclic) bond motifs is 8. The third kappa shape index (κ3) is 6.62. The van der Waals surface area contributed by atoms with Crippen LogP contribution in [0, 0.1) is 0 Å². The molecule has 14 rings (SSSR count). The Hall–Kier alpha value is -9.04. The van der Waals surface area contributed by atoms with E-state index in [1.165, 1.54) is 88.3 Å².